The van der Waals surface area contributed by atoms with Gasteiger partial charge in [0, 0.05) is 17.0 Å². The maximum absolute atomic E-state index is 13.7. The normalized spacial score (nSPS) is 13.4. The van der Waals surface area contributed by atoms with Gasteiger partial charge in [0.25, 0.3) is 5.91 Å². The van der Waals surface area contributed by atoms with Gasteiger partial charge >= 0.3 is 0 Å². The molecule has 7 heteroatoms. The van der Waals surface area contributed by atoms with Gasteiger partial charge in [-0.1, -0.05) is 18.2 Å². The SMILES string of the molecule is O=C(NC1CC1)c1csc(-c2cccc(OCc3c(F)cccc3F)c2)n1. The summed E-state index contributed by atoms with van der Waals surface area (Å²) in [6, 6.07) is 11.0. The second kappa shape index (κ2) is 7.44. The molecule has 27 heavy (non-hydrogen) atoms. The Morgan fingerprint density at radius 1 is 1.19 bits per heavy atom. The first-order valence-electron chi connectivity index (χ1n) is 8.52. The standard InChI is InChI=1S/C20H16F2N2O2S/c21-16-5-2-6-17(22)15(16)10-26-14-4-1-3-12(9-14)20-24-18(11-27-20)19(25)23-13-7-8-13/h1-6,9,11,13H,7-8,10H2,(H,23,25). The van der Waals surface area contributed by atoms with Crippen molar-refractivity contribution in [3.8, 4) is 16.3 Å². The molecule has 4 rings (SSSR count). The largest absolute Gasteiger partial charge is 0.489 e. The summed E-state index contributed by atoms with van der Waals surface area (Å²) in [5, 5.41) is 5.30. The lowest BCUT2D eigenvalue weighted by molar-refractivity contribution is 0.0947. The molecule has 0 unspecified atom stereocenters. The van der Waals surface area contributed by atoms with Crippen LogP contribution in [0.2, 0.25) is 0 Å². The van der Waals surface area contributed by atoms with Crippen molar-refractivity contribution in [2.75, 3.05) is 0 Å². The number of hydrogen-bond acceptors (Lipinski definition) is 4. The van der Waals surface area contributed by atoms with Gasteiger partial charge in [0.15, 0.2) is 0 Å². The van der Waals surface area contributed by atoms with E-state index < -0.39 is 11.6 Å². The van der Waals surface area contributed by atoms with E-state index in [4.69, 9.17) is 4.74 Å². The van der Waals surface area contributed by atoms with Crippen LogP contribution in [-0.2, 0) is 6.61 Å². The Labute approximate surface area is 158 Å². The molecule has 1 aliphatic rings. The topological polar surface area (TPSA) is 51.2 Å². The highest BCUT2D eigenvalue weighted by Gasteiger charge is 2.25. The number of benzene rings is 2. The highest BCUT2D eigenvalue weighted by atomic mass is 32.1. The number of carbonyl (C=O) groups is 1. The monoisotopic (exact) mass is 386 g/mol. The second-order valence-electron chi connectivity index (χ2n) is 6.30. The molecule has 1 fully saturated rings. The number of amides is 1. The number of aromatic nitrogens is 1. The van der Waals surface area contributed by atoms with Gasteiger partial charge in [0.05, 0.1) is 5.56 Å². The molecule has 1 amide bonds. The van der Waals surface area contributed by atoms with E-state index in [0.29, 0.717) is 16.5 Å². The van der Waals surface area contributed by atoms with Crippen LogP contribution in [-0.4, -0.2) is 16.9 Å². The van der Waals surface area contributed by atoms with Crippen LogP contribution in [0.1, 0.15) is 28.9 Å². The minimum atomic E-state index is -0.641. The van der Waals surface area contributed by atoms with Gasteiger partial charge in [-0.25, -0.2) is 13.8 Å². The zero-order chi connectivity index (χ0) is 18.8. The second-order valence-corrected chi connectivity index (χ2v) is 7.16. The molecular formula is C20H16F2N2O2S. The van der Waals surface area contributed by atoms with Crippen molar-refractivity contribution in [1.82, 2.24) is 10.3 Å². The molecule has 1 N–H and O–H groups in total. The van der Waals surface area contributed by atoms with E-state index in [9.17, 15) is 13.6 Å². The van der Waals surface area contributed by atoms with Gasteiger partial charge < -0.3 is 10.1 Å². The predicted octanol–water partition coefficient (Wildman–Crippen LogP) is 4.56. The van der Waals surface area contributed by atoms with Crippen LogP contribution in [0.4, 0.5) is 8.78 Å². The minimum absolute atomic E-state index is 0.115. The van der Waals surface area contributed by atoms with Crippen molar-refractivity contribution in [2.45, 2.75) is 25.5 Å². The molecular weight excluding hydrogens is 370 g/mol. The van der Waals surface area contributed by atoms with Crippen LogP contribution in [0.3, 0.4) is 0 Å². The summed E-state index contributed by atoms with van der Waals surface area (Å²) < 4.78 is 33.0. The Bertz CT molecular complexity index is 965. The number of nitrogens with one attached hydrogen (secondary N) is 1. The molecule has 138 valence electrons. The Hall–Kier alpha value is -2.80. The van der Waals surface area contributed by atoms with Gasteiger partial charge in [-0.2, -0.15) is 0 Å². The first-order valence-corrected chi connectivity index (χ1v) is 9.40. The van der Waals surface area contributed by atoms with Gasteiger partial charge in [0.2, 0.25) is 0 Å². The molecule has 1 aliphatic carbocycles. The smallest absolute Gasteiger partial charge is 0.270 e. The number of carbonyl (C=O) groups excluding carboxylic acids is 1. The zero-order valence-corrected chi connectivity index (χ0v) is 15.1. The molecule has 0 spiro atoms. The van der Waals surface area contributed by atoms with E-state index in [1.54, 1.807) is 23.6 Å². The lowest BCUT2D eigenvalue weighted by atomic mass is 10.2. The van der Waals surface area contributed by atoms with Crippen LogP contribution in [0.5, 0.6) is 5.75 Å². The first kappa shape index (κ1) is 17.6. The van der Waals surface area contributed by atoms with Crippen molar-refractivity contribution in [3.63, 3.8) is 0 Å². The first-order chi connectivity index (χ1) is 13.1. The summed E-state index contributed by atoms with van der Waals surface area (Å²) in [5.74, 6) is -0.980. The third-order valence-corrected chi connectivity index (χ3v) is 5.07. The van der Waals surface area contributed by atoms with E-state index in [0.717, 1.165) is 18.4 Å². The summed E-state index contributed by atoms with van der Waals surface area (Å²) in [7, 11) is 0. The van der Waals surface area contributed by atoms with Gasteiger partial charge in [0.1, 0.15) is 34.7 Å². The number of ether oxygens (including phenoxy) is 1. The van der Waals surface area contributed by atoms with E-state index in [1.807, 2.05) is 6.07 Å². The summed E-state index contributed by atoms with van der Waals surface area (Å²) in [5.41, 5.74) is 1.05. The number of thiazole rings is 1. The van der Waals surface area contributed by atoms with E-state index in [1.165, 1.54) is 29.5 Å². The minimum Gasteiger partial charge on any atom is -0.489 e. The molecule has 1 heterocycles. The van der Waals surface area contributed by atoms with E-state index >= 15 is 0 Å². The predicted molar refractivity (Wildman–Crippen MR) is 98.7 cm³/mol. The van der Waals surface area contributed by atoms with Crippen LogP contribution < -0.4 is 10.1 Å². The summed E-state index contributed by atoms with van der Waals surface area (Å²) in [6.07, 6.45) is 2.04. The Balaban J connectivity index is 1.47. The maximum Gasteiger partial charge on any atom is 0.270 e. The number of nitrogens with zero attached hydrogens (tertiary/aromatic N) is 1. The Kier molecular flexibility index (Phi) is 4.85. The molecule has 4 nitrogen and oxygen atoms in total. The number of hydrogen-bond donors (Lipinski definition) is 1. The maximum atomic E-state index is 13.7. The average Bonchev–Trinajstić information content (AvgIpc) is 3.33. The molecule has 3 aromatic rings. The van der Waals surface area contributed by atoms with Crippen molar-refractivity contribution < 1.29 is 18.3 Å². The molecule has 1 aromatic heterocycles. The van der Waals surface area contributed by atoms with E-state index in [-0.39, 0.29) is 24.1 Å². The van der Waals surface area contributed by atoms with Gasteiger partial charge in [-0.05, 0) is 37.1 Å². The average molecular weight is 386 g/mol. The summed E-state index contributed by atoms with van der Waals surface area (Å²) >= 11 is 1.36. The number of rotatable bonds is 6. The summed E-state index contributed by atoms with van der Waals surface area (Å²) in [6.45, 7) is -0.213. The van der Waals surface area contributed by atoms with Crippen molar-refractivity contribution in [2.24, 2.45) is 0 Å². The van der Waals surface area contributed by atoms with Crippen molar-refractivity contribution in [1.29, 1.82) is 0 Å². The van der Waals surface area contributed by atoms with Crippen LogP contribution in [0.25, 0.3) is 10.6 Å². The molecule has 2 aromatic carbocycles. The number of halogens is 2. The van der Waals surface area contributed by atoms with Crippen LogP contribution >= 0.6 is 11.3 Å². The van der Waals surface area contributed by atoms with E-state index in [2.05, 4.69) is 10.3 Å². The highest BCUT2D eigenvalue weighted by Crippen LogP contribution is 2.28. The quantitative estimate of drug-likeness (QED) is 0.676. The fourth-order valence-corrected chi connectivity index (χ4v) is 3.34. The third-order valence-electron chi connectivity index (χ3n) is 4.18. The zero-order valence-electron chi connectivity index (χ0n) is 14.2. The van der Waals surface area contributed by atoms with Crippen molar-refractivity contribution >= 4 is 17.2 Å². The lowest BCUT2D eigenvalue weighted by Crippen LogP contribution is -2.25. The fourth-order valence-electron chi connectivity index (χ4n) is 2.54. The molecule has 0 atom stereocenters. The Morgan fingerprint density at radius 3 is 2.67 bits per heavy atom. The molecule has 1 saturated carbocycles. The molecule has 0 bridgehead atoms. The lowest BCUT2D eigenvalue weighted by Gasteiger charge is -2.09. The molecule has 0 aliphatic heterocycles. The molecule has 0 saturated heterocycles. The van der Waals surface area contributed by atoms with Crippen LogP contribution in [0.15, 0.2) is 47.8 Å². The van der Waals surface area contributed by atoms with Gasteiger partial charge in [-0.3, -0.25) is 4.79 Å². The summed E-state index contributed by atoms with van der Waals surface area (Å²) in [4.78, 5) is 16.4. The highest BCUT2D eigenvalue weighted by molar-refractivity contribution is 7.13. The third kappa shape index (κ3) is 4.14. The fraction of sp³-hybridized carbons (Fsp3) is 0.200. The Morgan fingerprint density at radius 2 is 1.93 bits per heavy atom. The molecule has 0 radical (unpaired) electrons. The van der Waals surface area contributed by atoms with Gasteiger partial charge in [-0.15, -0.1) is 11.3 Å². The van der Waals surface area contributed by atoms with Crippen molar-refractivity contribution in [3.05, 3.63) is 70.7 Å². The van der Waals surface area contributed by atoms with Crippen LogP contribution in [0, 0.1) is 11.6 Å².